The average molecular weight is 446 g/mol. The molecule has 3 aromatic carbocycles. The molecule has 1 amide bonds. The number of hydrogen-bond acceptors (Lipinski definition) is 5. The first kappa shape index (κ1) is 21.3. The molecule has 2 N–H and O–H groups in total. The van der Waals surface area contributed by atoms with Crippen LogP contribution < -0.4 is 4.90 Å². The van der Waals surface area contributed by atoms with Gasteiger partial charge in [-0.25, -0.2) is 0 Å². The van der Waals surface area contributed by atoms with Gasteiger partial charge in [0, 0.05) is 17.3 Å². The molecule has 0 aliphatic carbocycles. The van der Waals surface area contributed by atoms with Gasteiger partial charge in [0.25, 0.3) is 5.91 Å². The molecule has 0 aliphatic heterocycles. The molecule has 0 aliphatic rings. The quantitative estimate of drug-likeness (QED) is 0.431. The molecule has 0 atom stereocenters. The first-order chi connectivity index (χ1) is 15.4. The van der Waals surface area contributed by atoms with Crippen LogP contribution in [0.5, 0.6) is 11.5 Å². The fourth-order valence-corrected chi connectivity index (χ4v) is 3.63. The maximum Gasteiger partial charge on any atom is 0.262 e. The Hall–Kier alpha value is -3.90. The highest BCUT2D eigenvalue weighted by Crippen LogP contribution is 2.29. The number of amides is 1. The van der Waals surface area contributed by atoms with Crippen molar-refractivity contribution in [2.75, 3.05) is 4.90 Å². The second kappa shape index (κ2) is 9.08. The van der Waals surface area contributed by atoms with Gasteiger partial charge in [-0.3, -0.25) is 4.79 Å². The molecule has 0 radical (unpaired) electrons. The molecular weight excluding hydrogens is 426 g/mol. The molecule has 0 spiro atoms. The number of carbonyl (C=O) groups is 1. The number of phenolic OH excluding ortho intramolecular Hbond substituents is 2. The van der Waals surface area contributed by atoms with Crippen molar-refractivity contribution in [2.24, 2.45) is 0 Å². The Morgan fingerprint density at radius 2 is 1.66 bits per heavy atom. The number of phenols is 2. The number of aromatic nitrogens is 2. The summed E-state index contributed by atoms with van der Waals surface area (Å²) in [6, 6.07) is 22.6. The summed E-state index contributed by atoms with van der Waals surface area (Å²) >= 11 is 5.91. The van der Waals surface area contributed by atoms with Crippen molar-refractivity contribution < 1.29 is 15.0 Å². The lowest BCUT2D eigenvalue weighted by atomic mass is 10.1. The van der Waals surface area contributed by atoms with Crippen LogP contribution in [0.1, 0.15) is 21.5 Å². The minimum atomic E-state index is -0.387. The number of rotatable bonds is 5. The van der Waals surface area contributed by atoms with E-state index in [1.807, 2.05) is 61.5 Å². The number of aromatic hydroxyl groups is 2. The van der Waals surface area contributed by atoms with E-state index in [2.05, 4.69) is 10.2 Å². The van der Waals surface area contributed by atoms with E-state index < -0.39 is 0 Å². The van der Waals surface area contributed by atoms with Crippen molar-refractivity contribution in [3.63, 3.8) is 0 Å². The van der Waals surface area contributed by atoms with Crippen LogP contribution in [0.15, 0.2) is 78.9 Å². The van der Waals surface area contributed by atoms with Gasteiger partial charge >= 0.3 is 0 Å². The fourth-order valence-electron chi connectivity index (χ4n) is 3.43. The first-order valence-electron chi connectivity index (χ1n) is 9.90. The third-order valence-corrected chi connectivity index (χ3v) is 5.23. The van der Waals surface area contributed by atoms with Gasteiger partial charge in [-0.05, 0) is 48.4 Å². The number of carbonyl (C=O) groups excluding carboxylic acids is 1. The number of benzene rings is 3. The number of aryl methyl sites for hydroxylation is 1. The SMILES string of the molecule is Cc1cc(Cl)nnc1-c1ccc(N(Cc2ccccc2)C(=O)c2ccc(O)cc2O)cc1. The second-order valence-corrected chi connectivity index (χ2v) is 7.71. The standard InChI is InChI=1S/C25H20ClN3O3/c1-16-13-23(26)27-28-24(16)18-7-9-19(10-8-18)29(15-17-5-3-2-4-6-17)25(32)21-12-11-20(30)14-22(21)31/h2-14,30-31H,15H2,1H3. The van der Waals surface area contributed by atoms with Crippen LogP contribution in [0.25, 0.3) is 11.3 Å². The van der Waals surface area contributed by atoms with Gasteiger partial charge in [-0.15, -0.1) is 10.2 Å². The molecule has 7 heteroatoms. The summed E-state index contributed by atoms with van der Waals surface area (Å²) in [7, 11) is 0. The average Bonchev–Trinajstić information content (AvgIpc) is 2.78. The number of hydrogen-bond donors (Lipinski definition) is 2. The Kier molecular flexibility index (Phi) is 6.05. The lowest BCUT2D eigenvalue weighted by Gasteiger charge is -2.24. The highest BCUT2D eigenvalue weighted by molar-refractivity contribution is 6.29. The van der Waals surface area contributed by atoms with E-state index in [4.69, 9.17) is 11.6 Å². The number of anilines is 1. The monoisotopic (exact) mass is 445 g/mol. The first-order valence-corrected chi connectivity index (χ1v) is 10.3. The van der Waals surface area contributed by atoms with Gasteiger partial charge in [0.15, 0.2) is 5.15 Å². The Balaban J connectivity index is 1.71. The molecular formula is C25H20ClN3O3. The van der Waals surface area contributed by atoms with Crippen LogP contribution in [0.3, 0.4) is 0 Å². The lowest BCUT2D eigenvalue weighted by Crippen LogP contribution is -2.30. The summed E-state index contributed by atoms with van der Waals surface area (Å²) in [5.74, 6) is -0.782. The topological polar surface area (TPSA) is 86.6 Å². The molecule has 0 saturated carbocycles. The molecule has 4 aromatic rings. The Labute approximate surface area is 190 Å². The second-order valence-electron chi connectivity index (χ2n) is 7.32. The Morgan fingerprint density at radius 1 is 0.938 bits per heavy atom. The van der Waals surface area contributed by atoms with Crippen molar-refractivity contribution >= 4 is 23.2 Å². The molecule has 0 saturated heterocycles. The van der Waals surface area contributed by atoms with Crippen molar-refractivity contribution in [1.29, 1.82) is 0 Å². The highest BCUT2D eigenvalue weighted by Gasteiger charge is 2.21. The molecule has 1 aromatic heterocycles. The molecule has 1 heterocycles. The van der Waals surface area contributed by atoms with Gasteiger partial charge in [0.05, 0.1) is 17.8 Å². The van der Waals surface area contributed by atoms with Crippen LogP contribution >= 0.6 is 11.6 Å². The van der Waals surface area contributed by atoms with Gasteiger partial charge in [-0.2, -0.15) is 0 Å². The summed E-state index contributed by atoms with van der Waals surface area (Å²) in [4.78, 5) is 15.0. The van der Waals surface area contributed by atoms with Gasteiger partial charge in [-0.1, -0.05) is 54.1 Å². The number of halogens is 1. The summed E-state index contributed by atoms with van der Waals surface area (Å²) in [5.41, 5.74) is 4.12. The third-order valence-electron chi connectivity index (χ3n) is 5.05. The zero-order valence-corrected chi connectivity index (χ0v) is 18.0. The van der Waals surface area contributed by atoms with E-state index in [0.29, 0.717) is 23.1 Å². The van der Waals surface area contributed by atoms with Gasteiger partial charge in [0.2, 0.25) is 0 Å². The molecule has 32 heavy (non-hydrogen) atoms. The van der Waals surface area contributed by atoms with Crippen LogP contribution in [0, 0.1) is 6.92 Å². The van der Waals surface area contributed by atoms with Crippen LogP contribution in [0.4, 0.5) is 5.69 Å². The maximum atomic E-state index is 13.4. The van der Waals surface area contributed by atoms with Crippen molar-refractivity contribution in [1.82, 2.24) is 10.2 Å². The van der Waals surface area contributed by atoms with Gasteiger partial charge < -0.3 is 15.1 Å². The fraction of sp³-hybridized carbons (Fsp3) is 0.0800. The predicted octanol–water partition coefficient (Wildman–Crippen LogP) is 5.36. The van der Waals surface area contributed by atoms with Gasteiger partial charge in [0.1, 0.15) is 11.5 Å². The van der Waals surface area contributed by atoms with Crippen molar-refractivity contribution in [3.05, 3.63) is 101 Å². The predicted molar refractivity (Wildman–Crippen MR) is 124 cm³/mol. The van der Waals surface area contributed by atoms with Crippen LogP contribution in [0.2, 0.25) is 5.15 Å². The largest absolute Gasteiger partial charge is 0.508 e. The van der Waals surface area contributed by atoms with Crippen LogP contribution in [-0.4, -0.2) is 26.3 Å². The summed E-state index contributed by atoms with van der Waals surface area (Å²) in [5, 5.41) is 28.2. The molecule has 0 bridgehead atoms. The summed E-state index contributed by atoms with van der Waals surface area (Å²) in [6.45, 7) is 2.21. The van der Waals surface area contributed by atoms with Crippen LogP contribution in [-0.2, 0) is 6.54 Å². The molecule has 4 rings (SSSR count). The molecule has 0 unspecified atom stereocenters. The smallest absolute Gasteiger partial charge is 0.262 e. The van der Waals surface area contributed by atoms with E-state index in [-0.39, 0.29) is 23.0 Å². The minimum absolute atomic E-state index is 0.0993. The molecule has 160 valence electrons. The normalized spacial score (nSPS) is 10.7. The number of nitrogens with zero attached hydrogens (tertiary/aromatic N) is 3. The van der Waals surface area contributed by atoms with E-state index in [1.54, 1.807) is 11.0 Å². The minimum Gasteiger partial charge on any atom is -0.508 e. The Morgan fingerprint density at radius 3 is 2.31 bits per heavy atom. The maximum absolute atomic E-state index is 13.4. The Bertz CT molecular complexity index is 1260. The summed E-state index contributed by atoms with van der Waals surface area (Å²) in [6.07, 6.45) is 0. The van der Waals surface area contributed by atoms with E-state index in [0.717, 1.165) is 22.8 Å². The van der Waals surface area contributed by atoms with E-state index in [1.165, 1.54) is 12.1 Å². The zero-order chi connectivity index (χ0) is 22.7. The van der Waals surface area contributed by atoms with E-state index >= 15 is 0 Å². The zero-order valence-electron chi connectivity index (χ0n) is 17.2. The summed E-state index contributed by atoms with van der Waals surface area (Å²) < 4.78 is 0. The van der Waals surface area contributed by atoms with Crippen molar-refractivity contribution in [3.8, 4) is 22.8 Å². The third kappa shape index (κ3) is 4.55. The van der Waals surface area contributed by atoms with E-state index in [9.17, 15) is 15.0 Å². The molecule has 6 nitrogen and oxygen atoms in total. The lowest BCUT2D eigenvalue weighted by molar-refractivity contribution is 0.0982. The highest BCUT2D eigenvalue weighted by atomic mass is 35.5. The van der Waals surface area contributed by atoms with Crippen molar-refractivity contribution in [2.45, 2.75) is 13.5 Å². The molecule has 0 fully saturated rings.